The summed E-state index contributed by atoms with van der Waals surface area (Å²) >= 11 is 1.43. The van der Waals surface area contributed by atoms with E-state index in [1.807, 2.05) is 47.0 Å². The van der Waals surface area contributed by atoms with Crippen LogP contribution < -0.4 is 15.8 Å². The van der Waals surface area contributed by atoms with E-state index >= 15 is 0 Å². The SMILES string of the molecule is O=C(NCc1ccco1)c1sc(N2C[C@H]3C[C@@H](C2)c2cccc(=O)n2C3)nc1-c1ccccc1. The highest BCUT2D eigenvalue weighted by atomic mass is 32.1. The largest absolute Gasteiger partial charge is 0.467 e. The average molecular weight is 473 g/mol. The minimum absolute atomic E-state index is 0.0803. The van der Waals surface area contributed by atoms with Gasteiger partial charge in [0, 0.05) is 42.9 Å². The second-order valence-corrected chi connectivity index (χ2v) is 9.88. The molecule has 1 amide bonds. The minimum atomic E-state index is -0.159. The molecule has 2 aliphatic rings. The molecule has 2 bridgehead atoms. The number of pyridine rings is 1. The third-order valence-electron chi connectivity index (χ3n) is 6.62. The van der Waals surface area contributed by atoms with E-state index in [1.54, 1.807) is 18.4 Å². The van der Waals surface area contributed by atoms with E-state index in [-0.39, 0.29) is 17.4 Å². The Morgan fingerprint density at radius 2 is 1.94 bits per heavy atom. The molecule has 7 nitrogen and oxygen atoms in total. The molecule has 0 aliphatic carbocycles. The Hall–Kier alpha value is -3.65. The highest BCUT2D eigenvalue weighted by molar-refractivity contribution is 7.18. The molecule has 5 heterocycles. The quantitative estimate of drug-likeness (QED) is 0.473. The van der Waals surface area contributed by atoms with Crippen LogP contribution in [0.15, 0.2) is 76.1 Å². The summed E-state index contributed by atoms with van der Waals surface area (Å²) in [5.41, 5.74) is 2.80. The lowest BCUT2D eigenvalue weighted by molar-refractivity contribution is 0.0952. The van der Waals surface area contributed by atoms with Gasteiger partial charge in [0.1, 0.15) is 10.6 Å². The van der Waals surface area contributed by atoms with Crippen molar-refractivity contribution in [3.63, 3.8) is 0 Å². The molecule has 1 saturated heterocycles. The number of aromatic nitrogens is 2. The van der Waals surface area contributed by atoms with Gasteiger partial charge in [-0.15, -0.1) is 0 Å². The van der Waals surface area contributed by atoms with E-state index in [2.05, 4.69) is 16.3 Å². The zero-order valence-corrected chi connectivity index (χ0v) is 19.3. The predicted octanol–water partition coefficient (Wildman–Crippen LogP) is 4.12. The van der Waals surface area contributed by atoms with Crippen molar-refractivity contribution in [2.75, 3.05) is 18.0 Å². The number of furan rings is 1. The Kier molecular flexibility index (Phi) is 5.30. The van der Waals surface area contributed by atoms with Gasteiger partial charge in [-0.3, -0.25) is 9.59 Å². The van der Waals surface area contributed by atoms with Gasteiger partial charge >= 0.3 is 0 Å². The van der Waals surface area contributed by atoms with E-state index in [9.17, 15) is 9.59 Å². The van der Waals surface area contributed by atoms with Crippen LogP contribution in [0.1, 0.15) is 33.5 Å². The standard InChI is InChI=1S/C26H24N4O3S/c31-22-10-4-9-21-19-12-17(15-30(21)22)14-29(16-19)26-28-23(18-6-2-1-3-7-18)24(34-26)25(32)27-13-20-8-5-11-33-20/h1-11,17,19H,12-16H2,(H,27,32)/t17-,19+/m1/s1. The number of piperidine rings is 1. The van der Waals surface area contributed by atoms with Gasteiger partial charge in [-0.05, 0) is 30.5 Å². The molecule has 0 unspecified atom stereocenters. The fraction of sp³-hybridized carbons (Fsp3) is 0.269. The first kappa shape index (κ1) is 20.9. The van der Waals surface area contributed by atoms with Crippen molar-refractivity contribution < 1.29 is 9.21 Å². The number of anilines is 1. The summed E-state index contributed by atoms with van der Waals surface area (Å²) in [6.45, 7) is 2.67. The van der Waals surface area contributed by atoms with Crippen LogP contribution in [0.25, 0.3) is 11.3 Å². The van der Waals surface area contributed by atoms with Crippen LogP contribution in [0.3, 0.4) is 0 Å². The maximum absolute atomic E-state index is 13.2. The van der Waals surface area contributed by atoms with E-state index in [4.69, 9.17) is 9.40 Å². The third kappa shape index (κ3) is 3.84. The van der Waals surface area contributed by atoms with Crippen molar-refractivity contribution >= 4 is 22.4 Å². The molecule has 1 fully saturated rings. The van der Waals surface area contributed by atoms with Crippen molar-refractivity contribution in [2.45, 2.75) is 25.4 Å². The second-order valence-electron chi connectivity index (χ2n) is 8.91. The molecule has 2 aliphatic heterocycles. The van der Waals surface area contributed by atoms with Crippen LogP contribution in [0.5, 0.6) is 0 Å². The number of rotatable bonds is 5. The number of benzene rings is 1. The monoisotopic (exact) mass is 472 g/mol. The zero-order chi connectivity index (χ0) is 23.1. The van der Waals surface area contributed by atoms with Crippen molar-refractivity contribution in [1.82, 2.24) is 14.9 Å². The highest BCUT2D eigenvalue weighted by Gasteiger charge is 2.36. The van der Waals surface area contributed by atoms with Crippen LogP contribution in [-0.2, 0) is 13.1 Å². The average Bonchev–Trinajstić information content (AvgIpc) is 3.54. The molecular formula is C26H24N4O3S. The summed E-state index contributed by atoms with van der Waals surface area (Å²) in [5.74, 6) is 1.21. The number of hydrogen-bond acceptors (Lipinski definition) is 6. The molecule has 0 saturated carbocycles. The molecule has 0 spiro atoms. The molecule has 1 aromatic carbocycles. The molecule has 1 N–H and O–H groups in total. The van der Waals surface area contributed by atoms with Gasteiger partial charge in [0.25, 0.3) is 11.5 Å². The van der Waals surface area contributed by atoms with Crippen LogP contribution >= 0.6 is 11.3 Å². The zero-order valence-electron chi connectivity index (χ0n) is 18.5. The third-order valence-corrected chi connectivity index (χ3v) is 7.74. The maximum Gasteiger partial charge on any atom is 0.264 e. The summed E-state index contributed by atoms with van der Waals surface area (Å²) in [7, 11) is 0. The lowest BCUT2D eigenvalue weighted by atomic mass is 9.83. The van der Waals surface area contributed by atoms with Crippen LogP contribution in [0.2, 0.25) is 0 Å². The number of nitrogens with zero attached hydrogens (tertiary/aromatic N) is 3. The smallest absolute Gasteiger partial charge is 0.264 e. The molecule has 172 valence electrons. The lowest BCUT2D eigenvalue weighted by Crippen LogP contribution is -2.47. The molecule has 34 heavy (non-hydrogen) atoms. The molecule has 3 aromatic heterocycles. The highest BCUT2D eigenvalue weighted by Crippen LogP contribution is 2.40. The molecule has 0 radical (unpaired) electrons. The van der Waals surface area contributed by atoms with Crippen LogP contribution in [0, 0.1) is 5.92 Å². The van der Waals surface area contributed by atoms with Crippen molar-refractivity contribution in [3.8, 4) is 11.3 Å². The Balaban J connectivity index is 1.32. The number of carbonyl (C=O) groups is 1. The first-order chi connectivity index (χ1) is 16.7. The number of amides is 1. The normalized spacial score (nSPS) is 19.0. The Morgan fingerprint density at radius 3 is 2.76 bits per heavy atom. The first-order valence-electron chi connectivity index (χ1n) is 11.5. The summed E-state index contributed by atoms with van der Waals surface area (Å²) in [6.07, 6.45) is 2.68. The second kappa shape index (κ2) is 8.61. The topological polar surface area (TPSA) is 80.4 Å². The number of hydrogen-bond donors (Lipinski definition) is 1. The predicted molar refractivity (Wildman–Crippen MR) is 131 cm³/mol. The van der Waals surface area contributed by atoms with Gasteiger partial charge < -0.3 is 19.2 Å². The van der Waals surface area contributed by atoms with Gasteiger partial charge in [0.15, 0.2) is 5.13 Å². The Labute approximate surface area is 200 Å². The molecule has 6 rings (SSSR count). The minimum Gasteiger partial charge on any atom is -0.467 e. The van der Waals surface area contributed by atoms with Crippen LogP contribution in [0.4, 0.5) is 5.13 Å². The van der Waals surface area contributed by atoms with Crippen molar-refractivity contribution in [1.29, 1.82) is 0 Å². The van der Waals surface area contributed by atoms with Gasteiger partial charge in [-0.1, -0.05) is 47.7 Å². The number of carbonyl (C=O) groups excluding carboxylic acids is 1. The molecule has 8 heteroatoms. The van der Waals surface area contributed by atoms with E-state index in [0.717, 1.165) is 42.4 Å². The lowest BCUT2D eigenvalue weighted by Gasteiger charge is -2.42. The number of nitrogens with one attached hydrogen (secondary N) is 1. The van der Waals surface area contributed by atoms with Gasteiger partial charge in [0.05, 0.1) is 18.5 Å². The summed E-state index contributed by atoms with van der Waals surface area (Å²) in [4.78, 5) is 33.4. The molecular weight excluding hydrogens is 448 g/mol. The molecule has 4 aromatic rings. The van der Waals surface area contributed by atoms with Crippen molar-refractivity contribution in [2.24, 2.45) is 5.92 Å². The number of thiazole rings is 1. The van der Waals surface area contributed by atoms with E-state index in [0.29, 0.717) is 28.8 Å². The van der Waals surface area contributed by atoms with Gasteiger partial charge in [-0.25, -0.2) is 4.98 Å². The van der Waals surface area contributed by atoms with Crippen molar-refractivity contribution in [3.05, 3.63) is 93.6 Å². The Bertz CT molecular complexity index is 1380. The summed E-state index contributed by atoms with van der Waals surface area (Å²) in [5, 5.41) is 3.82. The first-order valence-corrected chi connectivity index (χ1v) is 12.3. The van der Waals surface area contributed by atoms with Crippen LogP contribution in [-0.4, -0.2) is 28.5 Å². The number of fused-ring (bicyclic) bond motifs is 4. The van der Waals surface area contributed by atoms with E-state index in [1.165, 1.54) is 11.3 Å². The fourth-order valence-electron chi connectivity index (χ4n) is 5.10. The van der Waals surface area contributed by atoms with E-state index < -0.39 is 0 Å². The Morgan fingerprint density at radius 1 is 1.06 bits per heavy atom. The van der Waals surface area contributed by atoms with Gasteiger partial charge in [0.2, 0.25) is 0 Å². The summed E-state index contributed by atoms with van der Waals surface area (Å²) in [6, 6.07) is 19.0. The molecule has 2 atom stereocenters. The maximum atomic E-state index is 13.2. The summed E-state index contributed by atoms with van der Waals surface area (Å²) < 4.78 is 7.29. The fourth-order valence-corrected chi connectivity index (χ4v) is 6.13. The van der Waals surface area contributed by atoms with Gasteiger partial charge in [-0.2, -0.15) is 0 Å².